The quantitative estimate of drug-likeness (QED) is 0.507. The third-order valence-corrected chi connectivity index (χ3v) is 5.71. The molecule has 6 heteroatoms. The van der Waals surface area contributed by atoms with Gasteiger partial charge < -0.3 is 37.2 Å². The topological polar surface area (TPSA) is 26.3 Å². The van der Waals surface area contributed by atoms with Crippen molar-refractivity contribution in [2.24, 2.45) is 0 Å². The molecule has 0 radical (unpaired) electrons. The summed E-state index contributed by atoms with van der Waals surface area (Å²) in [7, 11) is 0. The van der Waals surface area contributed by atoms with Gasteiger partial charge in [0, 0.05) is 0 Å². The van der Waals surface area contributed by atoms with E-state index in [-0.39, 0.29) is 41.5 Å². The largest absolute Gasteiger partial charge is 1.00 e. The van der Waals surface area contributed by atoms with Crippen molar-refractivity contribution >= 4 is 4.27 Å². The van der Waals surface area contributed by atoms with Crippen molar-refractivity contribution in [1.29, 1.82) is 0 Å². The Balaban J connectivity index is 0. The second-order valence-electron chi connectivity index (χ2n) is 3.65. The van der Waals surface area contributed by atoms with E-state index >= 15 is 0 Å². The number of ether oxygens (including phenoxy) is 1. The van der Waals surface area contributed by atoms with E-state index in [1.54, 1.807) is 0 Å². The molecule has 19 heavy (non-hydrogen) atoms. The first kappa shape index (κ1) is 21.1. The number of carbonyl (C=O) groups is 1. The van der Waals surface area contributed by atoms with Crippen LogP contribution in [0.4, 0.5) is 4.79 Å². The predicted octanol–water partition coefficient (Wildman–Crippen LogP) is -5.29. The Morgan fingerprint density at radius 2 is 1.79 bits per heavy atom. The minimum Gasteiger partial charge on any atom is -1.00 e. The normalized spacial score (nSPS) is 10.8. The minimum atomic E-state index is -1.86. The fourth-order valence-electron chi connectivity index (χ4n) is 1.53. The SMILES string of the molecule is [CH3][Ti+3]([C](=O)Oc1ccccc1)[C]1=CC=CC1.[Cl-].[Cl-].[Cl-]. The first-order valence-electron chi connectivity index (χ1n) is 5.24. The standard InChI is InChI=1S/C7H5O2.C5H5.CH3.3ClH.Ti/c8-6-9-7-4-2-1-3-5-7;1-2-4-5-3-1;;;;;/h1-5H;1-3H,4H2;1H3;3*1H;/q;;;;;;+3/p-3. The van der Waals surface area contributed by atoms with Crippen LogP contribution in [0.2, 0.25) is 5.23 Å². The zero-order valence-corrected chi connectivity index (χ0v) is 14.1. The van der Waals surface area contributed by atoms with Crippen LogP contribution in [-0.2, 0) is 17.9 Å². The Kier molecular flexibility index (Phi) is 11.7. The van der Waals surface area contributed by atoms with Crippen molar-refractivity contribution < 1.29 is 64.6 Å². The summed E-state index contributed by atoms with van der Waals surface area (Å²) in [6, 6.07) is 9.27. The molecular weight excluding hydrogens is 342 g/mol. The molecule has 1 aromatic rings. The molecule has 0 heterocycles. The van der Waals surface area contributed by atoms with Gasteiger partial charge in [-0.25, -0.2) is 0 Å². The fraction of sp³-hybridized carbons (Fsp3) is 0.154. The van der Waals surface area contributed by atoms with Crippen molar-refractivity contribution in [3.63, 3.8) is 0 Å². The van der Waals surface area contributed by atoms with Gasteiger partial charge in [0.05, 0.1) is 0 Å². The van der Waals surface area contributed by atoms with Crippen molar-refractivity contribution in [3.8, 4) is 5.75 Å². The summed E-state index contributed by atoms with van der Waals surface area (Å²) in [4.78, 5) is 11.9. The van der Waals surface area contributed by atoms with Crippen LogP contribution in [0.1, 0.15) is 6.42 Å². The number of rotatable bonds is 3. The minimum absolute atomic E-state index is 0. The number of allylic oxidation sites excluding steroid dienone is 4. The van der Waals surface area contributed by atoms with Gasteiger partial charge in [-0.05, 0) is 0 Å². The summed E-state index contributed by atoms with van der Waals surface area (Å²) >= 11 is -1.86. The summed E-state index contributed by atoms with van der Waals surface area (Å²) < 4.78 is 6.61. The van der Waals surface area contributed by atoms with E-state index in [0.29, 0.717) is 5.75 Å². The van der Waals surface area contributed by atoms with E-state index in [1.165, 1.54) is 3.88 Å². The summed E-state index contributed by atoms with van der Waals surface area (Å²) in [6.07, 6.45) is 7.08. The summed E-state index contributed by atoms with van der Waals surface area (Å²) in [6.45, 7) is 0. The van der Waals surface area contributed by atoms with E-state index in [0.717, 1.165) is 6.42 Å². The van der Waals surface area contributed by atoms with E-state index in [9.17, 15) is 4.79 Å². The smallest absolute Gasteiger partial charge is 1.00 e. The second-order valence-corrected chi connectivity index (χ2v) is 7.24. The Morgan fingerprint density at radius 1 is 1.16 bits per heavy atom. The van der Waals surface area contributed by atoms with Crippen LogP contribution in [0, 0.1) is 0 Å². The Morgan fingerprint density at radius 3 is 2.32 bits per heavy atom. The molecule has 0 aromatic heterocycles. The van der Waals surface area contributed by atoms with Crippen LogP contribution in [0.5, 0.6) is 5.75 Å². The van der Waals surface area contributed by atoms with Gasteiger partial charge in [-0.15, -0.1) is 0 Å². The van der Waals surface area contributed by atoms with Crippen LogP contribution in [-0.4, -0.2) is 4.27 Å². The fourth-order valence-corrected chi connectivity index (χ4v) is 3.56. The first-order chi connectivity index (χ1) is 7.77. The maximum atomic E-state index is 11.9. The zero-order valence-electron chi connectivity index (χ0n) is 10.3. The molecular formula is C13H13Cl3O2Ti. The van der Waals surface area contributed by atoms with Gasteiger partial charge in [-0.2, -0.15) is 0 Å². The Labute approximate surface area is 138 Å². The van der Waals surface area contributed by atoms with Gasteiger partial charge in [-0.3, -0.25) is 0 Å². The van der Waals surface area contributed by atoms with Gasteiger partial charge in [0.1, 0.15) is 0 Å². The maximum Gasteiger partial charge on any atom is -1.00 e. The molecule has 0 N–H and O–H groups in total. The molecule has 1 aliphatic rings. The predicted molar refractivity (Wildman–Crippen MR) is 60.2 cm³/mol. The third-order valence-electron chi connectivity index (χ3n) is 2.51. The second kappa shape index (κ2) is 10.5. The van der Waals surface area contributed by atoms with Gasteiger partial charge in [0.15, 0.2) is 0 Å². The van der Waals surface area contributed by atoms with E-state index in [2.05, 4.69) is 12.2 Å². The van der Waals surface area contributed by atoms with Crippen LogP contribution in [0.3, 0.4) is 0 Å². The number of hydrogen-bond donors (Lipinski definition) is 0. The number of carbonyl (C=O) groups excluding carboxylic acids is 1. The average Bonchev–Trinajstić information content (AvgIpc) is 2.83. The van der Waals surface area contributed by atoms with E-state index in [1.807, 2.05) is 41.6 Å². The van der Waals surface area contributed by atoms with Crippen molar-refractivity contribution in [2.75, 3.05) is 0 Å². The molecule has 0 fully saturated rings. The van der Waals surface area contributed by atoms with E-state index < -0.39 is 17.9 Å². The average molecular weight is 355 g/mol. The van der Waals surface area contributed by atoms with Gasteiger partial charge in [0.2, 0.25) is 0 Å². The van der Waals surface area contributed by atoms with Gasteiger partial charge in [0.25, 0.3) is 0 Å². The Bertz CT molecular complexity index is 446. The molecule has 2 rings (SSSR count). The third kappa shape index (κ3) is 6.16. The molecule has 1 aliphatic carbocycles. The van der Waals surface area contributed by atoms with Crippen molar-refractivity contribution in [3.05, 3.63) is 52.4 Å². The molecule has 0 spiro atoms. The van der Waals surface area contributed by atoms with Crippen molar-refractivity contribution in [1.82, 2.24) is 0 Å². The number of para-hydroxylation sites is 1. The molecule has 0 aliphatic heterocycles. The summed E-state index contributed by atoms with van der Waals surface area (Å²) in [5.41, 5.74) is 0. The van der Waals surface area contributed by atoms with Crippen LogP contribution in [0.15, 0.2) is 52.4 Å². The number of hydrogen-bond acceptors (Lipinski definition) is 2. The first-order valence-corrected chi connectivity index (χ1v) is 8.36. The molecule has 1 aromatic carbocycles. The molecule has 0 atom stereocenters. The van der Waals surface area contributed by atoms with Crippen molar-refractivity contribution in [2.45, 2.75) is 11.6 Å². The monoisotopic (exact) mass is 354 g/mol. The van der Waals surface area contributed by atoms with Gasteiger partial charge in [-0.1, -0.05) is 0 Å². The molecule has 0 unspecified atom stereocenters. The molecule has 102 valence electrons. The Hall–Kier alpha value is -0.246. The van der Waals surface area contributed by atoms with Crippen LogP contribution in [0.25, 0.3) is 0 Å². The zero-order chi connectivity index (χ0) is 11.4. The summed E-state index contributed by atoms with van der Waals surface area (Å²) in [5, 5.41) is 2.05. The molecule has 0 amide bonds. The van der Waals surface area contributed by atoms with Crippen LogP contribution < -0.4 is 42.0 Å². The summed E-state index contributed by atoms with van der Waals surface area (Å²) in [5.74, 6) is 0.644. The van der Waals surface area contributed by atoms with E-state index in [4.69, 9.17) is 4.74 Å². The number of benzene rings is 1. The molecule has 0 saturated carbocycles. The van der Waals surface area contributed by atoms with Crippen LogP contribution >= 0.6 is 0 Å². The number of halogens is 3. The maximum absolute atomic E-state index is 11.9. The molecule has 0 saturated heterocycles. The molecule has 0 bridgehead atoms. The molecule has 2 nitrogen and oxygen atoms in total. The van der Waals surface area contributed by atoms with Gasteiger partial charge >= 0.3 is 102 Å².